The van der Waals surface area contributed by atoms with Crippen molar-refractivity contribution in [3.8, 4) is 23.3 Å². The lowest BCUT2D eigenvalue weighted by molar-refractivity contribution is 0.101. The summed E-state index contributed by atoms with van der Waals surface area (Å²) in [4.78, 5) is 11.2. The van der Waals surface area contributed by atoms with Gasteiger partial charge in [0, 0.05) is 11.6 Å². The first-order valence-electron chi connectivity index (χ1n) is 6.11. The molecule has 0 bridgehead atoms. The normalized spacial score (nSPS) is 9.81. The summed E-state index contributed by atoms with van der Waals surface area (Å²) in [6, 6.07) is 10.5. The van der Waals surface area contributed by atoms with E-state index in [1.807, 2.05) is 6.07 Å². The molecule has 21 heavy (non-hydrogen) atoms. The van der Waals surface area contributed by atoms with Crippen LogP contribution in [-0.4, -0.2) is 12.9 Å². The second-order valence-corrected chi connectivity index (χ2v) is 4.31. The molecule has 0 aliphatic carbocycles. The summed E-state index contributed by atoms with van der Waals surface area (Å²) in [7, 11) is 1.46. The molecule has 0 saturated heterocycles. The first-order valence-corrected chi connectivity index (χ1v) is 6.11. The molecule has 0 aliphatic heterocycles. The SMILES string of the molecule is COc1cc(C#N)cc(Oc2ccc(C(C)=O)cc2F)c1. The number of ether oxygens (including phenoxy) is 2. The summed E-state index contributed by atoms with van der Waals surface area (Å²) in [5.74, 6) is -0.194. The van der Waals surface area contributed by atoms with Gasteiger partial charge in [-0.25, -0.2) is 4.39 Å². The topological polar surface area (TPSA) is 59.3 Å². The van der Waals surface area contributed by atoms with Crippen LogP contribution in [0.15, 0.2) is 36.4 Å². The summed E-state index contributed by atoms with van der Waals surface area (Å²) >= 11 is 0. The Hall–Kier alpha value is -2.87. The zero-order valence-electron chi connectivity index (χ0n) is 11.5. The molecule has 0 radical (unpaired) electrons. The van der Waals surface area contributed by atoms with E-state index < -0.39 is 5.82 Å². The molecule has 2 aromatic carbocycles. The lowest BCUT2D eigenvalue weighted by Crippen LogP contribution is -1.96. The lowest BCUT2D eigenvalue weighted by atomic mass is 10.1. The number of halogens is 1. The first kappa shape index (κ1) is 14.5. The minimum absolute atomic E-state index is 0.0304. The van der Waals surface area contributed by atoms with Crippen LogP contribution in [0.5, 0.6) is 17.2 Å². The van der Waals surface area contributed by atoms with Gasteiger partial charge in [0.25, 0.3) is 0 Å². The van der Waals surface area contributed by atoms with Gasteiger partial charge >= 0.3 is 0 Å². The van der Waals surface area contributed by atoms with Crippen LogP contribution in [0, 0.1) is 17.1 Å². The fourth-order valence-corrected chi connectivity index (χ4v) is 1.74. The van der Waals surface area contributed by atoms with Crippen molar-refractivity contribution in [3.63, 3.8) is 0 Å². The highest BCUT2D eigenvalue weighted by Gasteiger charge is 2.10. The summed E-state index contributed by atoms with van der Waals surface area (Å²) < 4.78 is 24.3. The van der Waals surface area contributed by atoms with E-state index in [9.17, 15) is 9.18 Å². The van der Waals surface area contributed by atoms with Crippen LogP contribution >= 0.6 is 0 Å². The van der Waals surface area contributed by atoms with E-state index in [1.165, 1.54) is 32.2 Å². The van der Waals surface area contributed by atoms with Gasteiger partial charge in [0.15, 0.2) is 17.3 Å². The van der Waals surface area contributed by atoms with Gasteiger partial charge in [0.1, 0.15) is 11.5 Å². The molecule has 4 nitrogen and oxygen atoms in total. The van der Waals surface area contributed by atoms with Crippen molar-refractivity contribution in [2.24, 2.45) is 0 Å². The Morgan fingerprint density at radius 3 is 2.48 bits per heavy atom. The highest BCUT2D eigenvalue weighted by molar-refractivity contribution is 5.94. The van der Waals surface area contributed by atoms with Crippen molar-refractivity contribution in [3.05, 3.63) is 53.3 Å². The number of carbonyl (C=O) groups excluding carboxylic acids is 1. The molecule has 0 aromatic heterocycles. The number of benzene rings is 2. The van der Waals surface area contributed by atoms with Crippen molar-refractivity contribution >= 4 is 5.78 Å². The van der Waals surface area contributed by atoms with Crippen molar-refractivity contribution < 1.29 is 18.7 Å². The molecule has 0 unspecified atom stereocenters. The summed E-state index contributed by atoms with van der Waals surface area (Å²) in [5, 5.41) is 8.93. The molecular weight excluding hydrogens is 273 g/mol. The number of nitriles is 1. The van der Waals surface area contributed by atoms with E-state index in [2.05, 4.69) is 0 Å². The number of carbonyl (C=O) groups is 1. The average Bonchev–Trinajstić information content (AvgIpc) is 2.48. The maximum Gasteiger partial charge on any atom is 0.166 e. The average molecular weight is 285 g/mol. The molecule has 0 saturated carbocycles. The molecule has 0 spiro atoms. The van der Waals surface area contributed by atoms with E-state index in [0.717, 1.165) is 6.07 Å². The second kappa shape index (κ2) is 6.06. The quantitative estimate of drug-likeness (QED) is 0.804. The number of nitrogens with zero attached hydrogens (tertiary/aromatic N) is 1. The van der Waals surface area contributed by atoms with Crippen molar-refractivity contribution in [1.82, 2.24) is 0 Å². The lowest BCUT2D eigenvalue weighted by Gasteiger charge is -2.09. The highest BCUT2D eigenvalue weighted by Crippen LogP contribution is 2.29. The predicted molar refractivity (Wildman–Crippen MR) is 74.2 cm³/mol. The van der Waals surface area contributed by atoms with Crippen LogP contribution in [0.3, 0.4) is 0 Å². The van der Waals surface area contributed by atoms with E-state index in [1.54, 1.807) is 12.1 Å². The molecule has 0 N–H and O–H groups in total. The Bertz CT molecular complexity index is 735. The van der Waals surface area contributed by atoms with Crippen LogP contribution in [0.25, 0.3) is 0 Å². The monoisotopic (exact) mass is 285 g/mol. The largest absolute Gasteiger partial charge is 0.497 e. The molecule has 2 rings (SSSR count). The van der Waals surface area contributed by atoms with Gasteiger partial charge in [0.05, 0.1) is 18.7 Å². The standard InChI is InChI=1S/C16H12FNO3/c1-10(19)12-3-4-16(15(17)7-12)21-14-6-11(9-18)5-13(8-14)20-2/h3-8H,1-2H3. The smallest absolute Gasteiger partial charge is 0.166 e. The molecule has 2 aromatic rings. The van der Waals surface area contributed by atoms with Crippen LogP contribution in [0.1, 0.15) is 22.8 Å². The van der Waals surface area contributed by atoms with Crippen molar-refractivity contribution in [2.45, 2.75) is 6.92 Å². The number of Topliss-reactive ketones (excluding diaryl/α,β-unsaturated/α-hetero) is 1. The molecular formula is C16H12FNO3. The van der Waals surface area contributed by atoms with Gasteiger partial charge in [-0.15, -0.1) is 0 Å². The predicted octanol–water partition coefficient (Wildman–Crippen LogP) is 3.70. The first-order chi connectivity index (χ1) is 10.0. The second-order valence-electron chi connectivity index (χ2n) is 4.31. The van der Waals surface area contributed by atoms with E-state index in [0.29, 0.717) is 11.3 Å². The van der Waals surface area contributed by atoms with Gasteiger partial charge in [-0.2, -0.15) is 5.26 Å². The van der Waals surface area contributed by atoms with Crippen LogP contribution in [0.2, 0.25) is 0 Å². The Morgan fingerprint density at radius 2 is 1.90 bits per heavy atom. The number of methoxy groups -OCH3 is 1. The van der Waals surface area contributed by atoms with Gasteiger partial charge in [0.2, 0.25) is 0 Å². The number of hydrogen-bond acceptors (Lipinski definition) is 4. The molecule has 0 fully saturated rings. The number of rotatable bonds is 4. The molecule has 0 amide bonds. The Labute approximate surface area is 121 Å². The van der Waals surface area contributed by atoms with E-state index >= 15 is 0 Å². The molecule has 5 heteroatoms. The third-order valence-electron chi connectivity index (χ3n) is 2.81. The van der Waals surface area contributed by atoms with Crippen LogP contribution in [0.4, 0.5) is 4.39 Å². The Balaban J connectivity index is 2.34. The fraction of sp³-hybridized carbons (Fsp3) is 0.125. The van der Waals surface area contributed by atoms with Gasteiger partial charge in [-0.3, -0.25) is 4.79 Å². The highest BCUT2D eigenvalue weighted by atomic mass is 19.1. The van der Waals surface area contributed by atoms with Crippen molar-refractivity contribution in [1.29, 1.82) is 5.26 Å². The van der Waals surface area contributed by atoms with E-state index in [-0.39, 0.29) is 22.8 Å². The van der Waals surface area contributed by atoms with Gasteiger partial charge in [-0.1, -0.05) is 0 Å². The van der Waals surface area contributed by atoms with Crippen LogP contribution in [-0.2, 0) is 0 Å². The third-order valence-corrected chi connectivity index (χ3v) is 2.81. The molecule has 0 heterocycles. The maximum absolute atomic E-state index is 13.9. The zero-order chi connectivity index (χ0) is 15.4. The Kier molecular flexibility index (Phi) is 4.19. The minimum atomic E-state index is -0.649. The summed E-state index contributed by atoms with van der Waals surface area (Å²) in [6.45, 7) is 1.36. The Morgan fingerprint density at radius 1 is 1.19 bits per heavy atom. The van der Waals surface area contributed by atoms with Gasteiger partial charge in [-0.05, 0) is 37.3 Å². The zero-order valence-corrected chi connectivity index (χ0v) is 11.5. The minimum Gasteiger partial charge on any atom is -0.497 e. The number of ketones is 1. The maximum atomic E-state index is 13.9. The van der Waals surface area contributed by atoms with Gasteiger partial charge < -0.3 is 9.47 Å². The molecule has 0 aliphatic rings. The summed E-state index contributed by atoms with van der Waals surface area (Å²) in [6.07, 6.45) is 0. The molecule has 0 atom stereocenters. The fourth-order valence-electron chi connectivity index (χ4n) is 1.74. The third kappa shape index (κ3) is 3.37. The summed E-state index contributed by atoms with van der Waals surface area (Å²) in [5.41, 5.74) is 0.605. The number of hydrogen-bond donors (Lipinski definition) is 0. The molecule has 106 valence electrons. The van der Waals surface area contributed by atoms with Crippen molar-refractivity contribution in [2.75, 3.05) is 7.11 Å². The van der Waals surface area contributed by atoms with Crippen LogP contribution < -0.4 is 9.47 Å². The van der Waals surface area contributed by atoms with E-state index in [4.69, 9.17) is 14.7 Å².